The largest absolute Gasteiger partial charge is 0.432 e. The van der Waals surface area contributed by atoms with Crippen LogP contribution in [0.2, 0.25) is 0 Å². The zero-order chi connectivity index (χ0) is 40.7. The van der Waals surface area contributed by atoms with Crippen LogP contribution in [-0.2, 0) is 33.2 Å². The summed E-state index contributed by atoms with van der Waals surface area (Å²) in [6.45, 7) is 6.74. The molecule has 3 heterocycles. The maximum atomic E-state index is 14.1. The van der Waals surface area contributed by atoms with E-state index in [9.17, 15) is 61.0 Å². The Morgan fingerprint density at radius 2 is 1.21 bits per heavy atom. The lowest BCUT2D eigenvalue weighted by molar-refractivity contribution is -0.344. The number of esters is 1. The highest BCUT2D eigenvalue weighted by atomic mass is 16.7. The SMILES string of the molecule is C=C1C[C@]23CCC4[C@](C)(CCC[C@@]4(C)C(=O)OC4OC(CO)C(O)C(O)C4O)C2CC[C@@]1(OC1OC(COC2OC(CO)C(O)C(O)C2O)C(O)C(O)C1O)C3. The van der Waals surface area contributed by atoms with E-state index in [0.29, 0.717) is 38.5 Å². The van der Waals surface area contributed by atoms with Crippen molar-refractivity contribution in [3.8, 4) is 0 Å². The molecule has 0 radical (unpaired) electrons. The number of carbonyl (C=O) groups is 1. The van der Waals surface area contributed by atoms with Gasteiger partial charge in [0.25, 0.3) is 0 Å². The summed E-state index contributed by atoms with van der Waals surface area (Å²) in [6, 6.07) is 0. The van der Waals surface area contributed by atoms with Gasteiger partial charge in [0.05, 0.1) is 30.8 Å². The van der Waals surface area contributed by atoms with E-state index in [2.05, 4.69) is 13.5 Å². The van der Waals surface area contributed by atoms with Crippen molar-refractivity contribution in [1.82, 2.24) is 0 Å². The van der Waals surface area contributed by atoms with E-state index in [1.807, 2.05) is 6.92 Å². The molecule has 56 heavy (non-hydrogen) atoms. The number of hydrogen-bond donors (Lipinski definition) is 11. The lowest BCUT2D eigenvalue weighted by atomic mass is 9.41. The van der Waals surface area contributed by atoms with Gasteiger partial charge in [0.2, 0.25) is 6.29 Å². The van der Waals surface area contributed by atoms with Crippen LogP contribution in [0.25, 0.3) is 0 Å². The molecule has 4 aliphatic carbocycles. The molecule has 11 N–H and O–H groups in total. The molecule has 320 valence electrons. The molecular formula is C38H60O18. The van der Waals surface area contributed by atoms with E-state index in [0.717, 1.165) is 24.8 Å². The third-order valence-electron chi connectivity index (χ3n) is 14.9. The molecule has 7 fully saturated rings. The van der Waals surface area contributed by atoms with Gasteiger partial charge in [-0.3, -0.25) is 4.79 Å². The summed E-state index contributed by atoms with van der Waals surface area (Å²) in [4.78, 5) is 14.1. The minimum atomic E-state index is -1.71. The summed E-state index contributed by atoms with van der Waals surface area (Å²) in [5.41, 5.74) is -1.66. The van der Waals surface area contributed by atoms with Crippen molar-refractivity contribution in [1.29, 1.82) is 0 Å². The average molecular weight is 805 g/mol. The van der Waals surface area contributed by atoms with Crippen LogP contribution in [0.5, 0.6) is 0 Å². The Balaban J connectivity index is 1.04. The van der Waals surface area contributed by atoms with E-state index in [4.69, 9.17) is 28.4 Å². The van der Waals surface area contributed by atoms with Crippen LogP contribution in [0.4, 0.5) is 0 Å². The zero-order valence-corrected chi connectivity index (χ0v) is 31.8. The fourth-order valence-electron chi connectivity index (χ4n) is 11.9. The summed E-state index contributed by atoms with van der Waals surface area (Å²) >= 11 is 0. The molecular weight excluding hydrogens is 744 g/mol. The number of aliphatic hydroxyl groups is 11. The van der Waals surface area contributed by atoms with Crippen LogP contribution in [0, 0.1) is 28.1 Å². The molecule has 18 heteroatoms. The first-order valence-electron chi connectivity index (χ1n) is 19.9. The minimum absolute atomic E-state index is 0.108. The summed E-state index contributed by atoms with van der Waals surface area (Å²) in [5, 5.41) is 114. The molecule has 18 nitrogen and oxygen atoms in total. The van der Waals surface area contributed by atoms with Crippen LogP contribution in [0.1, 0.15) is 71.6 Å². The summed E-state index contributed by atoms with van der Waals surface area (Å²) in [5.74, 6) is -0.537. The standard InChI is InChI=1S/C38H60O18/c1-16-11-37-9-5-20-35(2,7-4-8-36(20,3)34(50)55-32-29(48)26(45)23(42)18(13-40)53-32)21(37)6-10-38(16,15-37)56-33-30(49)27(46)24(43)19(54-33)14-51-31-28(47)25(44)22(41)17(12-39)52-31/h17-33,39-49H,1,4-15H2,2-3H3/t17?,18?,19?,20?,21?,22?,23?,24?,25?,26?,27?,28?,29?,30?,31?,32?,33?,35-,36+,37-,38+/m0/s1. The first kappa shape index (κ1) is 42.7. The number of carbonyl (C=O) groups excluding carboxylic acids is 1. The van der Waals surface area contributed by atoms with Gasteiger partial charge in [-0.2, -0.15) is 0 Å². The monoisotopic (exact) mass is 804 g/mol. The Morgan fingerprint density at radius 3 is 1.84 bits per heavy atom. The second-order valence-corrected chi connectivity index (χ2v) is 18.0. The van der Waals surface area contributed by atoms with E-state index >= 15 is 0 Å². The number of fused-ring (bicyclic) bond motifs is 3. The Morgan fingerprint density at radius 1 is 0.679 bits per heavy atom. The average Bonchev–Trinajstić information content (AvgIpc) is 3.37. The third-order valence-corrected chi connectivity index (χ3v) is 14.9. The molecule has 0 aromatic heterocycles. The number of hydrogen-bond acceptors (Lipinski definition) is 18. The maximum Gasteiger partial charge on any atom is 0.314 e. The predicted molar refractivity (Wildman–Crippen MR) is 186 cm³/mol. The smallest absolute Gasteiger partial charge is 0.314 e. The Hall–Kier alpha value is -1.43. The van der Waals surface area contributed by atoms with Crippen LogP contribution in [0.15, 0.2) is 12.2 Å². The van der Waals surface area contributed by atoms with Crippen molar-refractivity contribution >= 4 is 5.97 Å². The lowest BCUT2D eigenvalue weighted by Gasteiger charge is -2.64. The minimum Gasteiger partial charge on any atom is -0.432 e. The first-order chi connectivity index (χ1) is 26.4. The zero-order valence-electron chi connectivity index (χ0n) is 31.8. The van der Waals surface area contributed by atoms with Crippen molar-refractivity contribution < 1.29 is 89.4 Å². The van der Waals surface area contributed by atoms with E-state index < -0.39 is 129 Å². The van der Waals surface area contributed by atoms with Gasteiger partial charge in [-0.25, -0.2) is 0 Å². The molecule has 0 amide bonds. The van der Waals surface area contributed by atoms with Gasteiger partial charge >= 0.3 is 5.97 Å². The summed E-state index contributed by atoms with van der Waals surface area (Å²) in [6.07, 6.45) is -17.2. The normalized spacial score (nSPS) is 54.6. The van der Waals surface area contributed by atoms with Crippen molar-refractivity contribution in [2.45, 2.75) is 169 Å². The molecule has 0 aromatic carbocycles. The molecule has 3 saturated heterocycles. The predicted octanol–water partition coefficient (Wildman–Crippen LogP) is -2.94. The molecule has 21 atom stereocenters. The first-order valence-corrected chi connectivity index (χ1v) is 19.9. The van der Waals surface area contributed by atoms with Crippen molar-refractivity contribution in [2.75, 3.05) is 19.8 Å². The maximum absolute atomic E-state index is 14.1. The number of ether oxygens (including phenoxy) is 6. The summed E-state index contributed by atoms with van der Waals surface area (Å²) < 4.78 is 34.9. The van der Waals surface area contributed by atoms with E-state index in [1.54, 1.807) is 0 Å². The summed E-state index contributed by atoms with van der Waals surface area (Å²) in [7, 11) is 0. The second kappa shape index (κ2) is 15.6. The van der Waals surface area contributed by atoms with E-state index in [1.165, 1.54) is 0 Å². The van der Waals surface area contributed by atoms with Crippen molar-refractivity contribution in [3.63, 3.8) is 0 Å². The van der Waals surface area contributed by atoms with Crippen LogP contribution >= 0.6 is 0 Å². The molecule has 7 rings (SSSR count). The van der Waals surface area contributed by atoms with E-state index in [-0.39, 0.29) is 22.7 Å². The third kappa shape index (κ3) is 6.78. The van der Waals surface area contributed by atoms with Crippen molar-refractivity contribution in [2.24, 2.45) is 28.1 Å². The Labute approximate surface area is 324 Å². The highest BCUT2D eigenvalue weighted by Gasteiger charge is 2.69. The van der Waals surface area contributed by atoms with Gasteiger partial charge in [0, 0.05) is 0 Å². The molecule has 3 aliphatic heterocycles. The topological polar surface area (TPSA) is 295 Å². The van der Waals surface area contributed by atoms with Gasteiger partial charge in [0.15, 0.2) is 12.6 Å². The Bertz CT molecular complexity index is 1450. The molecule has 17 unspecified atom stereocenters. The van der Waals surface area contributed by atoms with Gasteiger partial charge in [-0.1, -0.05) is 19.9 Å². The van der Waals surface area contributed by atoms with Gasteiger partial charge < -0.3 is 84.6 Å². The van der Waals surface area contributed by atoms with Crippen LogP contribution in [0.3, 0.4) is 0 Å². The molecule has 2 bridgehead atoms. The number of aliphatic hydroxyl groups excluding tert-OH is 11. The molecule has 0 aromatic rings. The van der Waals surface area contributed by atoms with Gasteiger partial charge in [-0.15, -0.1) is 0 Å². The fraction of sp³-hybridized carbons (Fsp3) is 0.921. The molecule has 4 saturated carbocycles. The van der Waals surface area contributed by atoms with Crippen molar-refractivity contribution in [3.05, 3.63) is 12.2 Å². The van der Waals surface area contributed by atoms with Crippen LogP contribution < -0.4 is 0 Å². The molecule has 7 aliphatic rings. The quantitative estimate of drug-likeness (QED) is 0.0631. The second-order valence-electron chi connectivity index (χ2n) is 18.0. The fourth-order valence-corrected chi connectivity index (χ4v) is 11.9. The van der Waals surface area contributed by atoms with Gasteiger partial charge in [-0.05, 0) is 86.5 Å². The molecule has 1 spiro atoms. The number of rotatable bonds is 9. The van der Waals surface area contributed by atoms with Crippen LogP contribution in [-0.4, -0.2) is 180 Å². The Kier molecular flexibility index (Phi) is 11.9. The lowest BCUT2D eigenvalue weighted by Crippen LogP contribution is -2.63. The highest BCUT2D eigenvalue weighted by molar-refractivity contribution is 5.77. The highest BCUT2D eigenvalue weighted by Crippen LogP contribution is 2.73. The van der Waals surface area contributed by atoms with Gasteiger partial charge in [0.1, 0.15) is 73.2 Å².